The van der Waals surface area contributed by atoms with Crippen LogP contribution in [0, 0.1) is 0 Å². The van der Waals surface area contributed by atoms with Gasteiger partial charge in [0.1, 0.15) is 0 Å². The van der Waals surface area contributed by atoms with E-state index in [9.17, 15) is 0 Å². The molecule has 4 N–H and O–H groups in total. The van der Waals surface area contributed by atoms with Gasteiger partial charge < -0.3 is 11.5 Å². The van der Waals surface area contributed by atoms with Crippen molar-refractivity contribution in [2.45, 2.75) is 37.8 Å². The third-order valence-corrected chi connectivity index (χ3v) is 1.87. The second-order valence-corrected chi connectivity index (χ2v) is 5.94. The van der Waals surface area contributed by atoms with Gasteiger partial charge in [-0.05, 0) is 12.8 Å². The minimum absolute atomic E-state index is 0.281. The van der Waals surface area contributed by atoms with Crippen LogP contribution in [0.3, 0.4) is 0 Å². The number of hydrogen-bond donors (Lipinski definition) is 2. The monoisotopic (exact) mass is 379 g/mol. The molecule has 1 aliphatic rings. The molecule has 0 aromatic heterocycles. The van der Waals surface area contributed by atoms with E-state index in [0.717, 1.165) is 12.8 Å². The van der Waals surface area contributed by atoms with Crippen molar-refractivity contribution < 1.29 is 16.5 Å². The zero-order valence-electron chi connectivity index (χ0n) is 6.21. The Morgan fingerprint density at radius 2 is 1.27 bits per heavy atom. The molecule has 0 spiro atoms. The maximum absolute atomic E-state index is 5.65. The first-order valence-corrected chi connectivity index (χ1v) is 9.19. The molecule has 0 aliphatic heterocycles. The van der Waals surface area contributed by atoms with Crippen molar-refractivity contribution in [1.29, 1.82) is 0 Å². The fourth-order valence-corrected chi connectivity index (χ4v) is 1.19. The van der Waals surface area contributed by atoms with Gasteiger partial charge in [0, 0.05) is 12.1 Å². The summed E-state index contributed by atoms with van der Waals surface area (Å²) < 4.78 is 0. The predicted octanol–water partition coefficient (Wildman–Crippen LogP) is 1.59. The van der Waals surface area contributed by atoms with Gasteiger partial charge >= 0.3 is 35.3 Å². The topological polar surface area (TPSA) is 52.0 Å². The summed E-state index contributed by atoms with van der Waals surface area (Å²) in [4.78, 5) is 0. The Labute approximate surface area is 84.4 Å². The van der Waals surface area contributed by atoms with E-state index in [1.807, 2.05) is 0 Å². The molecule has 0 unspecified atom stereocenters. The van der Waals surface area contributed by atoms with Gasteiger partial charge in [-0.15, -0.1) is 0 Å². The number of halogens is 2. The van der Waals surface area contributed by atoms with Crippen LogP contribution >= 0.6 is 18.8 Å². The summed E-state index contributed by atoms with van der Waals surface area (Å²) in [7, 11) is 9.75. The molecule has 2 nitrogen and oxygen atoms in total. The van der Waals surface area contributed by atoms with E-state index < -0.39 is 16.5 Å². The van der Waals surface area contributed by atoms with Gasteiger partial charge in [-0.2, -0.15) is 0 Å². The second kappa shape index (κ2) is 7.82. The Bertz CT molecular complexity index is 84.7. The molecule has 5 heteroatoms. The Balaban J connectivity index is 0.000000292. The standard InChI is InChI=1S/C6H14N2.2ClH.Pt/c7-5-3-1-2-4-6(5)8;;;/h5-6H,1-4,7-8H2;2*1H;/q;;;+4/p-2/t5-,6-;;;/m1.../s1. The van der Waals surface area contributed by atoms with Crippen LogP contribution in [-0.2, 0) is 16.5 Å². The summed E-state index contributed by atoms with van der Waals surface area (Å²) in [6.45, 7) is 0. The van der Waals surface area contributed by atoms with E-state index in [-0.39, 0.29) is 12.1 Å². The molecule has 0 aromatic rings. The molecule has 1 rings (SSSR count). The number of hydrogen-bond acceptors (Lipinski definition) is 2. The molecule has 1 fully saturated rings. The molecule has 0 heterocycles. The summed E-state index contributed by atoms with van der Waals surface area (Å²) in [5, 5.41) is 0. The molecule has 2 atom stereocenters. The van der Waals surface area contributed by atoms with Gasteiger partial charge in [0.15, 0.2) is 0 Å². The van der Waals surface area contributed by atoms with Crippen LogP contribution in [0.25, 0.3) is 0 Å². The van der Waals surface area contributed by atoms with Crippen LogP contribution in [0.15, 0.2) is 0 Å². The maximum atomic E-state index is 5.65. The van der Waals surface area contributed by atoms with Gasteiger partial charge in [0.2, 0.25) is 0 Å². The molecular formula is C6H14Cl2N2Pt+2. The van der Waals surface area contributed by atoms with Crippen molar-refractivity contribution in [3.05, 3.63) is 0 Å². The molecule has 0 radical (unpaired) electrons. The van der Waals surface area contributed by atoms with Crippen LogP contribution in [0.1, 0.15) is 25.7 Å². The zero-order valence-corrected chi connectivity index (χ0v) is 9.99. The average Bonchev–Trinajstić information content (AvgIpc) is 1.97. The van der Waals surface area contributed by atoms with Crippen LogP contribution in [0.5, 0.6) is 0 Å². The van der Waals surface area contributed by atoms with Crippen LogP contribution in [0.2, 0.25) is 0 Å². The minimum atomic E-state index is -0.472. The summed E-state index contributed by atoms with van der Waals surface area (Å²) >= 11 is -0.472. The van der Waals surface area contributed by atoms with E-state index in [2.05, 4.69) is 0 Å². The average molecular weight is 380 g/mol. The Morgan fingerprint density at radius 1 is 1.00 bits per heavy atom. The van der Waals surface area contributed by atoms with Crippen LogP contribution in [-0.4, -0.2) is 12.1 Å². The van der Waals surface area contributed by atoms with Gasteiger partial charge in [-0.3, -0.25) is 0 Å². The van der Waals surface area contributed by atoms with Crippen molar-refractivity contribution in [2.24, 2.45) is 11.5 Å². The second-order valence-electron chi connectivity index (χ2n) is 2.66. The van der Waals surface area contributed by atoms with Gasteiger partial charge in [0.05, 0.1) is 0 Å². The zero-order chi connectivity index (χ0) is 8.69. The quantitative estimate of drug-likeness (QED) is 0.671. The fourth-order valence-electron chi connectivity index (χ4n) is 1.19. The van der Waals surface area contributed by atoms with E-state index in [0.29, 0.717) is 0 Å². The van der Waals surface area contributed by atoms with Gasteiger partial charge in [-0.25, -0.2) is 0 Å². The summed E-state index contributed by atoms with van der Waals surface area (Å²) in [5.41, 5.74) is 11.3. The Hall–Kier alpha value is 1.19. The molecule has 0 bridgehead atoms. The van der Waals surface area contributed by atoms with E-state index in [1.54, 1.807) is 0 Å². The van der Waals surface area contributed by atoms with Crippen molar-refractivity contribution in [3.8, 4) is 0 Å². The molecule has 0 aromatic carbocycles. The van der Waals surface area contributed by atoms with Crippen LogP contribution in [0.4, 0.5) is 0 Å². The number of rotatable bonds is 0. The molecular weight excluding hydrogens is 366 g/mol. The molecule has 70 valence electrons. The predicted molar refractivity (Wildman–Crippen MR) is 46.1 cm³/mol. The Kier molecular flexibility index (Phi) is 8.66. The van der Waals surface area contributed by atoms with Crippen molar-refractivity contribution in [1.82, 2.24) is 0 Å². The van der Waals surface area contributed by atoms with Crippen molar-refractivity contribution in [3.63, 3.8) is 0 Å². The van der Waals surface area contributed by atoms with Gasteiger partial charge in [0.25, 0.3) is 0 Å². The molecule has 1 saturated carbocycles. The third kappa shape index (κ3) is 6.36. The van der Waals surface area contributed by atoms with Gasteiger partial charge in [-0.1, -0.05) is 12.8 Å². The molecule has 0 amide bonds. The third-order valence-electron chi connectivity index (χ3n) is 1.87. The summed E-state index contributed by atoms with van der Waals surface area (Å²) in [5.74, 6) is 0. The normalized spacial score (nSPS) is 30.9. The van der Waals surface area contributed by atoms with Crippen molar-refractivity contribution >= 4 is 18.8 Å². The molecule has 11 heavy (non-hydrogen) atoms. The van der Waals surface area contributed by atoms with E-state index in [4.69, 9.17) is 30.3 Å². The Morgan fingerprint density at radius 3 is 1.45 bits per heavy atom. The summed E-state index contributed by atoms with van der Waals surface area (Å²) in [6.07, 6.45) is 4.80. The van der Waals surface area contributed by atoms with E-state index in [1.165, 1.54) is 12.8 Å². The SMILES string of the molecule is N[C@@H]1CCCC[C@H]1N.[Cl][Pt+2][Cl]. The first-order valence-electron chi connectivity index (χ1n) is 3.56. The summed E-state index contributed by atoms with van der Waals surface area (Å²) in [6, 6.07) is 0.562. The van der Waals surface area contributed by atoms with E-state index >= 15 is 0 Å². The first kappa shape index (κ1) is 12.2. The number of nitrogens with two attached hydrogens (primary N) is 2. The van der Waals surface area contributed by atoms with Crippen LogP contribution < -0.4 is 11.5 Å². The first-order chi connectivity index (χ1) is 5.22. The molecule has 0 saturated heterocycles. The molecule has 1 aliphatic carbocycles. The van der Waals surface area contributed by atoms with Crippen molar-refractivity contribution in [2.75, 3.05) is 0 Å². The fraction of sp³-hybridized carbons (Fsp3) is 1.00.